The predicted octanol–water partition coefficient (Wildman–Crippen LogP) is 2.23. The molecule has 0 saturated carbocycles. The Hall–Kier alpha value is -3.65. The van der Waals surface area contributed by atoms with Gasteiger partial charge in [-0.05, 0) is 18.2 Å². The number of nitrogens with one attached hydrogen (secondary N) is 1. The van der Waals surface area contributed by atoms with E-state index in [0.29, 0.717) is 76.1 Å². The van der Waals surface area contributed by atoms with E-state index in [1.807, 2.05) is 30.3 Å². The minimum atomic E-state index is -3.17. The zero-order chi connectivity index (χ0) is 26.6. The first-order valence-electron chi connectivity index (χ1n) is 13.0. The highest BCUT2D eigenvalue weighted by atomic mass is 32.2. The number of rotatable bonds is 5. The largest absolute Gasteiger partial charge is 0.432 e. The summed E-state index contributed by atoms with van der Waals surface area (Å²) in [6.07, 6.45) is 3.05. The lowest BCUT2D eigenvalue weighted by molar-refractivity contribution is 0.122. The van der Waals surface area contributed by atoms with Gasteiger partial charge in [0, 0.05) is 56.8 Å². The fraction of sp³-hybridized carbons (Fsp3) is 0.385. The van der Waals surface area contributed by atoms with Crippen LogP contribution in [0.4, 0.5) is 5.82 Å². The SMILES string of the molecule is CS(=O)(=O)N1CCN(Cc2ccc3c(n2)oc2c(N4CCOCC4)nc(-c4cccc5[nH]ncc45)nc23)CC1. The number of morpholine rings is 1. The molecule has 2 aliphatic heterocycles. The molecular weight excluding hydrogens is 520 g/mol. The van der Waals surface area contributed by atoms with Gasteiger partial charge >= 0.3 is 0 Å². The fourth-order valence-electron chi connectivity index (χ4n) is 5.36. The van der Waals surface area contributed by atoms with Crippen molar-refractivity contribution in [1.82, 2.24) is 34.4 Å². The number of furan rings is 1. The third kappa shape index (κ3) is 4.50. The van der Waals surface area contributed by atoms with E-state index in [9.17, 15) is 8.42 Å². The van der Waals surface area contributed by atoms with Gasteiger partial charge in [-0.25, -0.2) is 23.4 Å². The summed E-state index contributed by atoms with van der Waals surface area (Å²) in [6, 6.07) is 9.95. The molecule has 0 unspecified atom stereocenters. The van der Waals surface area contributed by atoms with Gasteiger partial charge in [0.05, 0.1) is 42.3 Å². The molecule has 13 heteroatoms. The van der Waals surface area contributed by atoms with Gasteiger partial charge in [0.25, 0.3) is 0 Å². The number of ether oxygens (including phenoxy) is 1. The molecule has 1 N–H and O–H groups in total. The first-order chi connectivity index (χ1) is 18.9. The van der Waals surface area contributed by atoms with Gasteiger partial charge in [-0.15, -0.1) is 0 Å². The molecule has 2 fully saturated rings. The zero-order valence-electron chi connectivity index (χ0n) is 21.5. The molecule has 39 heavy (non-hydrogen) atoms. The first kappa shape index (κ1) is 24.4. The van der Waals surface area contributed by atoms with Crippen LogP contribution in [0.5, 0.6) is 0 Å². The van der Waals surface area contributed by atoms with Crippen molar-refractivity contribution in [2.75, 3.05) is 63.6 Å². The number of benzene rings is 1. The first-order valence-corrected chi connectivity index (χ1v) is 14.8. The van der Waals surface area contributed by atoms with E-state index < -0.39 is 10.0 Å². The second kappa shape index (κ2) is 9.52. The number of hydrogen-bond donors (Lipinski definition) is 1. The molecule has 2 aliphatic rings. The third-order valence-electron chi connectivity index (χ3n) is 7.44. The summed E-state index contributed by atoms with van der Waals surface area (Å²) in [6.45, 7) is 5.53. The summed E-state index contributed by atoms with van der Waals surface area (Å²) in [7, 11) is -3.17. The predicted molar refractivity (Wildman–Crippen MR) is 147 cm³/mol. The summed E-state index contributed by atoms with van der Waals surface area (Å²) in [5.41, 5.74) is 4.52. The number of pyridine rings is 1. The Bertz CT molecular complexity index is 1790. The van der Waals surface area contributed by atoms with Crippen LogP contribution >= 0.6 is 0 Å². The van der Waals surface area contributed by atoms with Crippen LogP contribution < -0.4 is 4.90 Å². The highest BCUT2D eigenvalue weighted by Gasteiger charge is 2.26. The normalized spacial score (nSPS) is 18.0. The Morgan fingerprint density at radius 2 is 1.77 bits per heavy atom. The minimum absolute atomic E-state index is 0.483. The molecule has 1 aromatic carbocycles. The summed E-state index contributed by atoms with van der Waals surface area (Å²) < 4.78 is 37.1. The number of anilines is 1. The maximum absolute atomic E-state index is 11.8. The number of aromatic nitrogens is 5. The topological polar surface area (TPSA) is 134 Å². The maximum Gasteiger partial charge on any atom is 0.229 e. The van der Waals surface area contributed by atoms with E-state index >= 15 is 0 Å². The molecule has 4 aromatic heterocycles. The second-order valence-corrected chi connectivity index (χ2v) is 12.0. The summed E-state index contributed by atoms with van der Waals surface area (Å²) >= 11 is 0. The van der Waals surface area contributed by atoms with E-state index in [4.69, 9.17) is 24.1 Å². The highest BCUT2D eigenvalue weighted by molar-refractivity contribution is 7.88. The molecule has 2 saturated heterocycles. The molecular formula is C26H28N8O4S. The van der Waals surface area contributed by atoms with Crippen LogP contribution in [0, 0.1) is 0 Å². The highest BCUT2D eigenvalue weighted by Crippen LogP contribution is 2.36. The van der Waals surface area contributed by atoms with Gasteiger partial charge in [-0.2, -0.15) is 9.40 Å². The minimum Gasteiger partial charge on any atom is -0.432 e. The average molecular weight is 549 g/mol. The second-order valence-electron chi connectivity index (χ2n) is 9.98. The van der Waals surface area contributed by atoms with Crippen LogP contribution in [0.1, 0.15) is 5.69 Å². The average Bonchev–Trinajstić information content (AvgIpc) is 3.57. The lowest BCUT2D eigenvalue weighted by Crippen LogP contribution is -2.47. The third-order valence-corrected chi connectivity index (χ3v) is 8.74. The molecule has 0 atom stereocenters. The summed E-state index contributed by atoms with van der Waals surface area (Å²) in [5, 5.41) is 9.00. The maximum atomic E-state index is 11.8. The van der Waals surface area contributed by atoms with Crippen LogP contribution in [-0.4, -0.2) is 102 Å². The van der Waals surface area contributed by atoms with E-state index in [-0.39, 0.29) is 0 Å². The molecule has 202 valence electrons. The molecule has 0 aliphatic carbocycles. The van der Waals surface area contributed by atoms with Crippen molar-refractivity contribution < 1.29 is 17.6 Å². The zero-order valence-corrected chi connectivity index (χ0v) is 22.3. The van der Waals surface area contributed by atoms with Crippen LogP contribution in [0.25, 0.3) is 44.5 Å². The van der Waals surface area contributed by atoms with E-state index in [0.717, 1.165) is 38.9 Å². The van der Waals surface area contributed by atoms with Gasteiger partial charge in [-0.3, -0.25) is 10.00 Å². The monoisotopic (exact) mass is 548 g/mol. The number of hydrogen-bond acceptors (Lipinski definition) is 10. The van der Waals surface area contributed by atoms with Crippen LogP contribution in [0.2, 0.25) is 0 Å². The number of H-pyrrole nitrogens is 1. The standard InChI is InChI=1S/C26H28N8O4S/c1-39(35,36)34-9-7-32(8-10-34)16-17-5-6-19-22-23(38-26(19)28-17)25(33-11-13-37-14-12-33)30-24(29-22)18-3-2-4-21-20(18)15-27-31-21/h2-6,15H,7-14,16H2,1H3,(H,27,31). The molecule has 0 bridgehead atoms. The number of piperazine rings is 1. The van der Waals surface area contributed by atoms with Crippen LogP contribution in [0.3, 0.4) is 0 Å². The van der Waals surface area contributed by atoms with Crippen molar-refractivity contribution in [1.29, 1.82) is 0 Å². The quantitative estimate of drug-likeness (QED) is 0.348. The summed E-state index contributed by atoms with van der Waals surface area (Å²) in [4.78, 5) is 19.2. The van der Waals surface area contributed by atoms with Gasteiger partial charge in [-0.1, -0.05) is 12.1 Å². The number of sulfonamides is 1. The molecule has 5 aromatic rings. The van der Waals surface area contributed by atoms with Crippen molar-refractivity contribution in [3.63, 3.8) is 0 Å². The van der Waals surface area contributed by atoms with Crippen molar-refractivity contribution in [3.05, 3.63) is 42.2 Å². The van der Waals surface area contributed by atoms with Crippen molar-refractivity contribution in [3.8, 4) is 11.4 Å². The van der Waals surface area contributed by atoms with Gasteiger partial charge < -0.3 is 14.1 Å². The number of fused-ring (bicyclic) bond motifs is 4. The van der Waals surface area contributed by atoms with E-state index in [2.05, 4.69) is 20.0 Å². The number of aromatic amines is 1. The molecule has 12 nitrogen and oxygen atoms in total. The van der Waals surface area contributed by atoms with Gasteiger partial charge in [0.15, 0.2) is 17.2 Å². The Balaban J connectivity index is 1.28. The van der Waals surface area contributed by atoms with Crippen molar-refractivity contribution in [2.24, 2.45) is 0 Å². The Morgan fingerprint density at radius 3 is 2.56 bits per heavy atom. The van der Waals surface area contributed by atoms with Crippen LogP contribution in [-0.2, 0) is 21.3 Å². The van der Waals surface area contributed by atoms with Gasteiger partial charge in [0.1, 0.15) is 5.52 Å². The Morgan fingerprint density at radius 1 is 0.949 bits per heavy atom. The molecule has 6 heterocycles. The van der Waals surface area contributed by atoms with Gasteiger partial charge in [0.2, 0.25) is 15.7 Å². The molecule has 0 amide bonds. The molecule has 0 spiro atoms. The lowest BCUT2D eigenvalue weighted by Gasteiger charge is -2.32. The molecule has 0 radical (unpaired) electrons. The smallest absolute Gasteiger partial charge is 0.229 e. The lowest BCUT2D eigenvalue weighted by atomic mass is 10.1. The van der Waals surface area contributed by atoms with Crippen LogP contribution in [0.15, 0.2) is 40.9 Å². The van der Waals surface area contributed by atoms with E-state index in [1.165, 1.54) is 10.6 Å². The number of nitrogens with zero attached hydrogens (tertiary/aromatic N) is 7. The molecule has 7 rings (SSSR count). The van der Waals surface area contributed by atoms with E-state index in [1.54, 1.807) is 6.20 Å². The Labute approximate surface area is 224 Å². The van der Waals surface area contributed by atoms with Crippen molar-refractivity contribution in [2.45, 2.75) is 6.54 Å². The summed E-state index contributed by atoms with van der Waals surface area (Å²) in [5.74, 6) is 1.33. The fourth-order valence-corrected chi connectivity index (χ4v) is 6.18. The Kier molecular flexibility index (Phi) is 5.95. The van der Waals surface area contributed by atoms with Crippen molar-refractivity contribution >= 4 is 48.9 Å².